The summed E-state index contributed by atoms with van der Waals surface area (Å²) in [5.41, 5.74) is 1.11. The van der Waals surface area contributed by atoms with Crippen LogP contribution in [0.1, 0.15) is 26.3 Å². The molecule has 3 aromatic rings. The average molecular weight is 649 g/mol. The lowest BCUT2D eigenvalue weighted by molar-refractivity contribution is -0.139. The minimum atomic E-state index is -4.14. The minimum Gasteiger partial charge on any atom is -0.494 e. The third-order valence-corrected chi connectivity index (χ3v) is 9.21. The van der Waals surface area contributed by atoms with Gasteiger partial charge in [-0.1, -0.05) is 28.1 Å². The number of anilines is 1. The molecule has 3 rings (SSSR count). The fourth-order valence-corrected chi connectivity index (χ4v) is 6.06. The third-order valence-electron chi connectivity index (χ3n) is 6.15. The standard InChI is InChI=1S/C29H34BrN3O5S2/c1-5-31-29(35)21(3)32(19-22-7-9-23(30)10-8-22)28(34)20-33(24-11-13-25(14-12-24)38-6-2)40(36,37)27-17-15-26(39-4)16-18-27/h7-18,21H,5-6,19-20H2,1-4H3,(H,31,35)/t21-/m0/s1. The van der Waals surface area contributed by atoms with Gasteiger partial charge in [0.1, 0.15) is 18.3 Å². The number of halogens is 1. The molecule has 0 aliphatic carbocycles. The average Bonchev–Trinajstić information content (AvgIpc) is 2.96. The van der Waals surface area contributed by atoms with Crippen molar-refractivity contribution in [3.8, 4) is 5.75 Å². The van der Waals surface area contributed by atoms with Crippen molar-refractivity contribution in [1.82, 2.24) is 10.2 Å². The molecular weight excluding hydrogens is 614 g/mol. The first-order valence-electron chi connectivity index (χ1n) is 12.8. The fraction of sp³-hybridized carbons (Fsp3) is 0.310. The van der Waals surface area contributed by atoms with E-state index in [1.807, 2.05) is 37.4 Å². The first-order valence-corrected chi connectivity index (χ1v) is 16.3. The van der Waals surface area contributed by atoms with Crippen molar-refractivity contribution in [2.45, 2.75) is 43.1 Å². The number of hydrogen-bond acceptors (Lipinski definition) is 6. The van der Waals surface area contributed by atoms with Crippen LogP contribution in [0.25, 0.3) is 0 Å². The molecule has 3 aromatic carbocycles. The Hall–Kier alpha value is -3.02. The molecule has 1 N–H and O–H groups in total. The molecule has 0 unspecified atom stereocenters. The second-order valence-electron chi connectivity index (χ2n) is 8.83. The maximum absolute atomic E-state index is 13.9. The first kappa shape index (κ1) is 31.5. The highest BCUT2D eigenvalue weighted by molar-refractivity contribution is 9.10. The molecule has 0 saturated carbocycles. The molecule has 0 bridgehead atoms. The van der Waals surface area contributed by atoms with Gasteiger partial charge >= 0.3 is 0 Å². The SMILES string of the molecule is CCNC(=O)[C@H](C)N(Cc1ccc(Br)cc1)C(=O)CN(c1ccc(OCC)cc1)S(=O)(=O)c1ccc(SC)cc1. The van der Waals surface area contributed by atoms with Crippen LogP contribution >= 0.6 is 27.7 Å². The summed E-state index contributed by atoms with van der Waals surface area (Å²) < 4.78 is 35.4. The Kier molecular flexibility index (Phi) is 11.5. The van der Waals surface area contributed by atoms with Crippen LogP contribution < -0.4 is 14.4 Å². The number of ether oxygens (including phenoxy) is 1. The molecular formula is C29H34BrN3O5S2. The zero-order valence-corrected chi connectivity index (χ0v) is 26.2. The lowest BCUT2D eigenvalue weighted by Gasteiger charge is -2.32. The number of nitrogens with zero attached hydrogens (tertiary/aromatic N) is 2. The van der Waals surface area contributed by atoms with E-state index in [1.54, 1.807) is 50.2 Å². The zero-order chi connectivity index (χ0) is 29.3. The Labute approximate surface area is 249 Å². The van der Waals surface area contributed by atoms with Crippen molar-refractivity contribution in [3.63, 3.8) is 0 Å². The molecule has 0 spiro atoms. The Balaban J connectivity index is 2.02. The number of sulfonamides is 1. The van der Waals surface area contributed by atoms with Crippen molar-refractivity contribution in [3.05, 3.63) is 82.8 Å². The summed E-state index contributed by atoms with van der Waals surface area (Å²) in [4.78, 5) is 29.1. The smallest absolute Gasteiger partial charge is 0.264 e. The molecule has 0 saturated heterocycles. The van der Waals surface area contributed by atoms with Gasteiger partial charge in [-0.05, 0) is 93.3 Å². The summed E-state index contributed by atoms with van der Waals surface area (Å²) in [6.45, 7) is 5.79. The van der Waals surface area contributed by atoms with Gasteiger partial charge in [-0.3, -0.25) is 13.9 Å². The number of amides is 2. The van der Waals surface area contributed by atoms with Gasteiger partial charge in [-0.25, -0.2) is 8.42 Å². The van der Waals surface area contributed by atoms with Crippen LogP contribution in [0, 0.1) is 0 Å². The molecule has 0 heterocycles. The predicted molar refractivity (Wildman–Crippen MR) is 163 cm³/mol. The molecule has 0 radical (unpaired) electrons. The van der Waals surface area contributed by atoms with Crippen LogP contribution in [0.15, 0.2) is 87.1 Å². The lowest BCUT2D eigenvalue weighted by Crippen LogP contribution is -2.51. The molecule has 0 aromatic heterocycles. The largest absolute Gasteiger partial charge is 0.494 e. The quantitative estimate of drug-likeness (QED) is 0.252. The van der Waals surface area contributed by atoms with Crippen LogP contribution in [0.3, 0.4) is 0 Å². The maximum Gasteiger partial charge on any atom is 0.264 e. The van der Waals surface area contributed by atoms with E-state index in [1.165, 1.54) is 28.8 Å². The molecule has 11 heteroatoms. The highest BCUT2D eigenvalue weighted by atomic mass is 79.9. The van der Waals surface area contributed by atoms with Crippen LogP contribution in [-0.4, -0.2) is 57.1 Å². The van der Waals surface area contributed by atoms with E-state index >= 15 is 0 Å². The number of carbonyl (C=O) groups is 2. The summed E-state index contributed by atoms with van der Waals surface area (Å²) in [6.07, 6.45) is 1.91. The van der Waals surface area contributed by atoms with Gasteiger partial charge in [0.15, 0.2) is 0 Å². The number of benzene rings is 3. The second-order valence-corrected chi connectivity index (χ2v) is 12.5. The molecule has 1 atom stereocenters. The van der Waals surface area contributed by atoms with E-state index in [0.29, 0.717) is 24.6 Å². The topological polar surface area (TPSA) is 96.0 Å². The van der Waals surface area contributed by atoms with Crippen molar-refractivity contribution >= 4 is 55.2 Å². The molecule has 0 fully saturated rings. The first-order chi connectivity index (χ1) is 19.1. The van der Waals surface area contributed by atoms with E-state index in [2.05, 4.69) is 21.2 Å². The molecule has 8 nitrogen and oxygen atoms in total. The lowest BCUT2D eigenvalue weighted by atomic mass is 10.1. The number of rotatable bonds is 13. The van der Waals surface area contributed by atoms with Crippen molar-refractivity contribution in [1.29, 1.82) is 0 Å². The monoisotopic (exact) mass is 647 g/mol. The van der Waals surface area contributed by atoms with Gasteiger partial charge < -0.3 is 15.0 Å². The van der Waals surface area contributed by atoms with Crippen LogP contribution in [0.4, 0.5) is 5.69 Å². The van der Waals surface area contributed by atoms with E-state index in [-0.39, 0.29) is 17.3 Å². The van der Waals surface area contributed by atoms with Crippen molar-refractivity contribution < 1.29 is 22.7 Å². The molecule has 0 aliphatic rings. The molecule has 0 aliphatic heterocycles. The minimum absolute atomic E-state index is 0.0585. The van der Waals surface area contributed by atoms with E-state index in [0.717, 1.165) is 19.2 Å². The molecule has 2 amide bonds. The predicted octanol–water partition coefficient (Wildman–Crippen LogP) is 5.32. The van der Waals surface area contributed by atoms with Gasteiger partial charge in [0, 0.05) is 22.5 Å². The van der Waals surface area contributed by atoms with Crippen molar-refractivity contribution in [2.24, 2.45) is 0 Å². The highest BCUT2D eigenvalue weighted by Gasteiger charge is 2.32. The maximum atomic E-state index is 13.9. The number of nitrogens with one attached hydrogen (secondary N) is 1. The summed E-state index contributed by atoms with van der Waals surface area (Å²) in [6, 6.07) is 19.6. The van der Waals surface area contributed by atoms with Crippen LogP contribution in [0.5, 0.6) is 5.75 Å². The second kappa shape index (κ2) is 14.6. The number of hydrogen-bond donors (Lipinski definition) is 1. The number of carbonyl (C=O) groups excluding carboxylic acids is 2. The number of thioether (sulfide) groups is 1. The number of likely N-dealkylation sites (N-methyl/N-ethyl adjacent to an activating group) is 1. The van der Waals surface area contributed by atoms with Gasteiger partial charge in [0.25, 0.3) is 10.0 Å². The highest BCUT2D eigenvalue weighted by Crippen LogP contribution is 2.28. The van der Waals surface area contributed by atoms with Crippen LogP contribution in [0.2, 0.25) is 0 Å². The van der Waals surface area contributed by atoms with Gasteiger partial charge in [-0.15, -0.1) is 11.8 Å². The van der Waals surface area contributed by atoms with Crippen LogP contribution in [-0.2, 0) is 26.2 Å². The Morgan fingerprint density at radius 3 is 2.15 bits per heavy atom. The fourth-order valence-electron chi connectivity index (χ4n) is 3.97. The molecule has 40 heavy (non-hydrogen) atoms. The zero-order valence-electron chi connectivity index (χ0n) is 23.0. The van der Waals surface area contributed by atoms with E-state index in [4.69, 9.17) is 4.74 Å². The summed E-state index contributed by atoms with van der Waals surface area (Å²) >= 11 is 4.91. The summed E-state index contributed by atoms with van der Waals surface area (Å²) in [5.74, 6) is -0.253. The Morgan fingerprint density at radius 2 is 1.60 bits per heavy atom. The van der Waals surface area contributed by atoms with Gasteiger partial charge in [0.05, 0.1) is 17.2 Å². The van der Waals surface area contributed by atoms with Crippen molar-refractivity contribution in [2.75, 3.05) is 30.3 Å². The Bertz CT molecular complexity index is 1380. The third kappa shape index (κ3) is 8.02. The summed E-state index contributed by atoms with van der Waals surface area (Å²) in [7, 11) is -4.14. The van der Waals surface area contributed by atoms with E-state index in [9.17, 15) is 18.0 Å². The van der Waals surface area contributed by atoms with Gasteiger partial charge in [-0.2, -0.15) is 0 Å². The summed E-state index contributed by atoms with van der Waals surface area (Å²) in [5, 5.41) is 2.76. The van der Waals surface area contributed by atoms with E-state index < -0.39 is 28.5 Å². The normalized spacial score (nSPS) is 11.9. The van der Waals surface area contributed by atoms with Gasteiger partial charge in [0.2, 0.25) is 11.8 Å². The molecule has 214 valence electrons. The Morgan fingerprint density at radius 1 is 0.975 bits per heavy atom.